The van der Waals surface area contributed by atoms with Crippen molar-refractivity contribution in [1.29, 1.82) is 0 Å². The average molecular weight is 280 g/mol. The molecule has 0 bridgehead atoms. The largest absolute Gasteiger partial charge is 0.354 e. The highest BCUT2D eigenvalue weighted by Crippen LogP contribution is 2.19. The zero-order valence-electron chi connectivity index (χ0n) is 12.1. The van der Waals surface area contributed by atoms with Crippen LogP contribution in [-0.2, 0) is 6.54 Å². The summed E-state index contributed by atoms with van der Waals surface area (Å²) in [4.78, 5) is 2.24. The molecule has 1 fully saturated rings. The molecule has 1 aromatic rings. The Kier molecular flexibility index (Phi) is 5.45. The van der Waals surface area contributed by atoms with E-state index in [2.05, 4.69) is 52.8 Å². The van der Waals surface area contributed by atoms with Crippen molar-refractivity contribution in [3.8, 4) is 0 Å². The third kappa shape index (κ3) is 4.35. The molecule has 106 valence electrons. The first kappa shape index (κ1) is 14.6. The van der Waals surface area contributed by atoms with Gasteiger partial charge >= 0.3 is 0 Å². The maximum Gasteiger partial charge on any atom is 0.151 e. The van der Waals surface area contributed by atoms with Crippen LogP contribution >= 0.6 is 11.8 Å². The zero-order valence-corrected chi connectivity index (χ0v) is 12.9. The Bertz CT molecular complexity index is 378. The number of hydrogen-bond donors (Lipinski definition) is 1. The number of nitrogens with zero attached hydrogens (tertiary/aromatic N) is 3. The summed E-state index contributed by atoms with van der Waals surface area (Å²) in [5.41, 5.74) is 1.03. The van der Waals surface area contributed by atoms with Crippen LogP contribution in [-0.4, -0.2) is 41.3 Å². The molecule has 0 amide bonds. The summed E-state index contributed by atoms with van der Waals surface area (Å²) in [5.74, 6) is 2.09. The summed E-state index contributed by atoms with van der Waals surface area (Å²) in [7, 11) is 2.11. The lowest BCUT2D eigenvalue weighted by molar-refractivity contribution is 0.646. The van der Waals surface area contributed by atoms with E-state index in [9.17, 15) is 0 Å². The van der Waals surface area contributed by atoms with Crippen LogP contribution in [0.5, 0.6) is 0 Å². The van der Waals surface area contributed by atoms with Gasteiger partial charge in [0.1, 0.15) is 0 Å². The van der Waals surface area contributed by atoms with Gasteiger partial charge in [-0.25, -0.2) is 0 Å². The fourth-order valence-corrected chi connectivity index (χ4v) is 2.90. The first-order chi connectivity index (χ1) is 9.24. The van der Waals surface area contributed by atoms with Gasteiger partial charge in [0.2, 0.25) is 0 Å². The molecule has 0 aromatic carbocycles. The number of rotatable bonds is 8. The van der Waals surface area contributed by atoms with E-state index < -0.39 is 0 Å². The maximum absolute atomic E-state index is 4.35. The molecule has 1 unspecified atom stereocenters. The van der Waals surface area contributed by atoms with Crippen LogP contribution in [0, 0.1) is 0 Å². The van der Waals surface area contributed by atoms with Crippen molar-refractivity contribution < 1.29 is 0 Å². The molecule has 0 radical (unpaired) electrons. The van der Waals surface area contributed by atoms with Crippen LogP contribution in [0.25, 0.3) is 0 Å². The van der Waals surface area contributed by atoms with Crippen LogP contribution in [0.4, 0.5) is 5.82 Å². The van der Waals surface area contributed by atoms with E-state index in [0.717, 1.165) is 36.3 Å². The summed E-state index contributed by atoms with van der Waals surface area (Å²) in [6.45, 7) is 3.06. The van der Waals surface area contributed by atoms with Crippen LogP contribution in [0.1, 0.15) is 31.9 Å². The molecule has 1 aliphatic rings. The van der Waals surface area contributed by atoms with Gasteiger partial charge in [-0.3, -0.25) is 0 Å². The molecule has 0 spiro atoms. The molecule has 1 aromatic heterocycles. The molecule has 1 atom stereocenters. The van der Waals surface area contributed by atoms with Gasteiger partial charge < -0.3 is 10.2 Å². The highest BCUT2D eigenvalue weighted by atomic mass is 32.2. The van der Waals surface area contributed by atoms with E-state index >= 15 is 0 Å². The number of nitrogens with one attached hydrogen (secondary N) is 1. The molecule has 1 N–H and O–H groups in total. The van der Waals surface area contributed by atoms with E-state index in [1.165, 1.54) is 12.8 Å². The van der Waals surface area contributed by atoms with Crippen molar-refractivity contribution in [3.05, 3.63) is 17.8 Å². The van der Waals surface area contributed by atoms with E-state index in [-0.39, 0.29) is 0 Å². The Morgan fingerprint density at radius 1 is 1.42 bits per heavy atom. The van der Waals surface area contributed by atoms with E-state index in [1.807, 2.05) is 11.8 Å². The quantitative estimate of drug-likeness (QED) is 0.791. The van der Waals surface area contributed by atoms with Crippen molar-refractivity contribution in [3.63, 3.8) is 0 Å². The monoisotopic (exact) mass is 280 g/mol. The number of hydrogen-bond acceptors (Lipinski definition) is 5. The molecular formula is C14H24N4S. The fourth-order valence-electron chi connectivity index (χ4n) is 2.05. The van der Waals surface area contributed by atoms with Gasteiger partial charge in [0.05, 0.1) is 5.69 Å². The predicted octanol–water partition coefficient (Wildman–Crippen LogP) is 2.31. The molecule has 1 saturated carbocycles. The summed E-state index contributed by atoms with van der Waals surface area (Å²) in [6, 6.07) is 5.41. The van der Waals surface area contributed by atoms with Gasteiger partial charge in [-0.2, -0.15) is 16.9 Å². The predicted molar refractivity (Wildman–Crippen MR) is 82.8 cm³/mol. The highest BCUT2D eigenvalue weighted by molar-refractivity contribution is 7.98. The summed E-state index contributed by atoms with van der Waals surface area (Å²) >= 11 is 1.88. The van der Waals surface area contributed by atoms with Crippen LogP contribution in [0.2, 0.25) is 0 Å². The molecule has 1 aliphatic carbocycles. The third-order valence-corrected chi connectivity index (χ3v) is 4.31. The van der Waals surface area contributed by atoms with Gasteiger partial charge in [-0.05, 0) is 37.7 Å². The topological polar surface area (TPSA) is 41.0 Å². The van der Waals surface area contributed by atoms with Gasteiger partial charge in [-0.1, -0.05) is 6.92 Å². The van der Waals surface area contributed by atoms with Gasteiger partial charge in [0.25, 0.3) is 0 Å². The fraction of sp³-hybridized carbons (Fsp3) is 0.714. The molecule has 1 heterocycles. The lowest BCUT2D eigenvalue weighted by atomic mass is 10.2. The smallest absolute Gasteiger partial charge is 0.151 e. The van der Waals surface area contributed by atoms with Crippen molar-refractivity contribution in [1.82, 2.24) is 15.5 Å². The second kappa shape index (κ2) is 7.10. The van der Waals surface area contributed by atoms with Crippen LogP contribution in [0.3, 0.4) is 0 Å². The second-order valence-electron chi connectivity index (χ2n) is 5.17. The van der Waals surface area contributed by atoms with E-state index in [1.54, 1.807) is 0 Å². The minimum absolute atomic E-state index is 0.528. The number of thioether (sulfide) groups is 1. The van der Waals surface area contributed by atoms with Crippen molar-refractivity contribution in [2.75, 3.05) is 24.0 Å². The molecule has 0 saturated heterocycles. The van der Waals surface area contributed by atoms with Crippen LogP contribution in [0.15, 0.2) is 12.1 Å². The lowest BCUT2D eigenvalue weighted by Gasteiger charge is -2.27. The zero-order chi connectivity index (χ0) is 13.7. The Balaban J connectivity index is 1.91. The van der Waals surface area contributed by atoms with E-state index in [4.69, 9.17) is 0 Å². The van der Waals surface area contributed by atoms with Crippen LogP contribution < -0.4 is 10.2 Å². The molecule has 5 heteroatoms. The standard InChI is InChI=1S/C14H24N4S/c1-4-13(10-19-3)18(2)14-8-7-12(16-17-14)9-15-11-5-6-11/h7-8,11,13,15H,4-6,9-10H2,1-3H3. The van der Waals surface area contributed by atoms with Crippen molar-refractivity contribution in [2.45, 2.75) is 44.8 Å². The normalized spacial score (nSPS) is 16.4. The average Bonchev–Trinajstić information content (AvgIpc) is 3.26. The van der Waals surface area contributed by atoms with Crippen molar-refractivity contribution in [2.24, 2.45) is 0 Å². The first-order valence-corrected chi connectivity index (χ1v) is 8.41. The minimum Gasteiger partial charge on any atom is -0.354 e. The Labute approximate surface area is 120 Å². The summed E-state index contributed by atoms with van der Waals surface area (Å²) in [5, 5.41) is 12.1. The summed E-state index contributed by atoms with van der Waals surface area (Å²) < 4.78 is 0. The molecule has 19 heavy (non-hydrogen) atoms. The Hall–Kier alpha value is -0.810. The molecule has 4 nitrogen and oxygen atoms in total. The third-order valence-electron chi connectivity index (χ3n) is 3.59. The van der Waals surface area contributed by atoms with Crippen molar-refractivity contribution >= 4 is 17.6 Å². The van der Waals surface area contributed by atoms with Gasteiger partial charge in [0, 0.05) is 31.4 Å². The SMILES string of the molecule is CCC(CSC)N(C)c1ccc(CNC2CC2)nn1. The summed E-state index contributed by atoms with van der Waals surface area (Å²) in [6.07, 6.45) is 5.89. The van der Waals surface area contributed by atoms with Gasteiger partial charge in [0.15, 0.2) is 5.82 Å². The van der Waals surface area contributed by atoms with Gasteiger partial charge in [-0.15, -0.1) is 5.10 Å². The number of aromatic nitrogens is 2. The van der Waals surface area contributed by atoms with E-state index in [0.29, 0.717) is 6.04 Å². The molecular weight excluding hydrogens is 256 g/mol. The first-order valence-electron chi connectivity index (χ1n) is 7.02. The Morgan fingerprint density at radius 2 is 2.21 bits per heavy atom. The Morgan fingerprint density at radius 3 is 2.74 bits per heavy atom. The second-order valence-corrected chi connectivity index (χ2v) is 6.08. The highest BCUT2D eigenvalue weighted by Gasteiger charge is 2.20. The number of anilines is 1. The molecule has 2 rings (SSSR count). The lowest BCUT2D eigenvalue weighted by Crippen LogP contribution is -2.34. The molecule has 0 aliphatic heterocycles. The maximum atomic E-state index is 4.35. The minimum atomic E-state index is 0.528.